The number of fused-ring (bicyclic) bond motifs is 4. The Labute approximate surface area is 245 Å². The standard InChI is InChI=1S/C16H24O6.C14H20O6/c1-4-15(7-17,8-18)13(21)22-9-16-6-5-10(14(16,2)3)11(19)12(16)20;1-13(2)9-3-4-14(13,12(19)11(9)18)7-20-10(17)5-8(16)6-15/h10,17-18H,4-9H2,1-3H3;8-9,15-16H,3-7H2,1-2H3. The van der Waals surface area contributed by atoms with Crippen molar-refractivity contribution < 1.29 is 58.7 Å². The number of ketones is 4. The molecule has 0 aromatic heterocycles. The van der Waals surface area contributed by atoms with Gasteiger partial charge in [-0.2, -0.15) is 0 Å². The number of carbonyl (C=O) groups excluding carboxylic acids is 6. The van der Waals surface area contributed by atoms with Crippen LogP contribution in [0.2, 0.25) is 0 Å². The molecule has 5 unspecified atom stereocenters. The summed E-state index contributed by atoms with van der Waals surface area (Å²) in [6.07, 6.45) is 1.10. The predicted molar refractivity (Wildman–Crippen MR) is 144 cm³/mol. The molecule has 0 heterocycles. The Morgan fingerprint density at radius 2 is 1.26 bits per heavy atom. The number of hydrogen-bond donors (Lipinski definition) is 4. The number of rotatable bonds is 11. The van der Waals surface area contributed by atoms with Crippen molar-refractivity contribution in [1.82, 2.24) is 0 Å². The van der Waals surface area contributed by atoms with Gasteiger partial charge in [0, 0.05) is 11.8 Å². The third-order valence-corrected chi connectivity index (χ3v) is 11.1. The van der Waals surface area contributed by atoms with Gasteiger partial charge in [-0.1, -0.05) is 34.6 Å². The SMILES string of the molecule is CC1(C)C2CCC1(COC(=O)CC(O)CO)C(=O)C2=O.CCC(CO)(CO)C(=O)OCC12CCC(C(=O)C1=O)C2(C)C. The number of carbonyl (C=O) groups is 6. The summed E-state index contributed by atoms with van der Waals surface area (Å²) in [6, 6.07) is 0. The van der Waals surface area contributed by atoms with Crippen LogP contribution in [-0.2, 0) is 38.2 Å². The summed E-state index contributed by atoms with van der Waals surface area (Å²) in [4.78, 5) is 72.2. The fraction of sp³-hybridized carbons (Fsp3) is 0.800. The normalized spacial score (nSPS) is 31.2. The van der Waals surface area contributed by atoms with Crippen molar-refractivity contribution in [3.05, 3.63) is 0 Å². The largest absolute Gasteiger partial charge is 0.464 e. The highest BCUT2D eigenvalue weighted by Crippen LogP contribution is 2.63. The molecule has 0 aliphatic heterocycles. The number of aliphatic hydroxyl groups is 4. The van der Waals surface area contributed by atoms with Crippen LogP contribution in [0.4, 0.5) is 0 Å². The van der Waals surface area contributed by atoms with Gasteiger partial charge in [0.05, 0.1) is 43.2 Å². The summed E-state index contributed by atoms with van der Waals surface area (Å²) < 4.78 is 10.4. The second-order valence-electron chi connectivity index (χ2n) is 13.4. The number of esters is 2. The first-order valence-corrected chi connectivity index (χ1v) is 14.5. The third kappa shape index (κ3) is 4.93. The lowest BCUT2D eigenvalue weighted by Gasteiger charge is -2.36. The molecular weight excluding hydrogens is 552 g/mol. The minimum atomic E-state index is -1.36. The molecule has 0 radical (unpaired) electrons. The van der Waals surface area contributed by atoms with Crippen molar-refractivity contribution in [1.29, 1.82) is 0 Å². The van der Waals surface area contributed by atoms with Crippen LogP contribution in [-0.4, -0.2) is 94.6 Å². The van der Waals surface area contributed by atoms with Gasteiger partial charge in [0.25, 0.3) is 0 Å². The molecule has 12 heteroatoms. The molecular formula is C30H44O12. The smallest absolute Gasteiger partial charge is 0.316 e. The van der Waals surface area contributed by atoms with Gasteiger partial charge in [0.2, 0.25) is 23.1 Å². The van der Waals surface area contributed by atoms with E-state index in [0.717, 1.165) is 0 Å². The van der Waals surface area contributed by atoms with Crippen molar-refractivity contribution in [2.45, 2.75) is 79.2 Å². The van der Waals surface area contributed by atoms with E-state index in [1.165, 1.54) is 0 Å². The van der Waals surface area contributed by atoms with Crippen LogP contribution in [0.15, 0.2) is 0 Å². The van der Waals surface area contributed by atoms with Gasteiger partial charge in [-0.05, 0) is 42.9 Å². The Balaban J connectivity index is 0.000000231. The van der Waals surface area contributed by atoms with Crippen LogP contribution in [0.1, 0.15) is 73.1 Å². The van der Waals surface area contributed by atoms with Crippen molar-refractivity contribution in [2.75, 3.05) is 33.0 Å². The predicted octanol–water partition coefficient (Wildman–Crippen LogP) is 0.332. The molecule has 0 aromatic carbocycles. The summed E-state index contributed by atoms with van der Waals surface area (Å²) in [7, 11) is 0. The molecule has 4 aliphatic carbocycles. The van der Waals surface area contributed by atoms with E-state index >= 15 is 0 Å². The van der Waals surface area contributed by atoms with E-state index in [1.807, 2.05) is 27.7 Å². The van der Waals surface area contributed by atoms with E-state index in [4.69, 9.17) is 14.6 Å². The summed E-state index contributed by atoms with van der Waals surface area (Å²) in [6.45, 7) is 7.28. The Morgan fingerprint density at radius 1 is 0.833 bits per heavy atom. The summed E-state index contributed by atoms with van der Waals surface area (Å²) in [5.41, 5.74) is -4.28. The molecule has 0 spiro atoms. The number of Topliss-reactive ketones (excluding diaryl/α,β-unsaturated/α-hetero) is 4. The fourth-order valence-electron chi connectivity index (χ4n) is 7.39. The molecule has 0 saturated heterocycles. The van der Waals surface area contributed by atoms with Crippen LogP contribution in [0.3, 0.4) is 0 Å². The number of hydrogen-bond acceptors (Lipinski definition) is 12. The number of ether oxygens (including phenoxy) is 2. The Bertz CT molecular complexity index is 1130. The van der Waals surface area contributed by atoms with Gasteiger partial charge in [-0.15, -0.1) is 0 Å². The molecule has 4 N–H and O–H groups in total. The zero-order valence-corrected chi connectivity index (χ0v) is 25.1. The minimum absolute atomic E-state index is 0.127. The zero-order valence-electron chi connectivity index (χ0n) is 25.1. The lowest BCUT2D eigenvalue weighted by atomic mass is 9.69. The maximum Gasteiger partial charge on any atom is 0.316 e. The van der Waals surface area contributed by atoms with E-state index in [9.17, 15) is 44.1 Å². The van der Waals surface area contributed by atoms with Gasteiger partial charge in [0.1, 0.15) is 18.6 Å². The Kier molecular flexibility index (Phi) is 9.59. The molecule has 4 bridgehead atoms. The van der Waals surface area contributed by atoms with Crippen LogP contribution < -0.4 is 0 Å². The maximum absolute atomic E-state index is 12.3. The quantitative estimate of drug-likeness (QED) is 0.188. The summed E-state index contributed by atoms with van der Waals surface area (Å²) in [5, 5.41) is 36.6. The van der Waals surface area contributed by atoms with Crippen LogP contribution in [0.25, 0.3) is 0 Å². The molecule has 42 heavy (non-hydrogen) atoms. The third-order valence-electron chi connectivity index (χ3n) is 11.1. The minimum Gasteiger partial charge on any atom is -0.464 e. The highest BCUT2D eigenvalue weighted by atomic mass is 16.5. The molecule has 0 aromatic rings. The van der Waals surface area contributed by atoms with Crippen molar-refractivity contribution in [2.24, 2.45) is 38.9 Å². The van der Waals surface area contributed by atoms with Crippen LogP contribution >= 0.6 is 0 Å². The van der Waals surface area contributed by atoms with Crippen molar-refractivity contribution in [3.63, 3.8) is 0 Å². The first-order chi connectivity index (χ1) is 19.5. The molecule has 5 atom stereocenters. The molecule has 12 nitrogen and oxygen atoms in total. The van der Waals surface area contributed by atoms with E-state index in [0.29, 0.717) is 25.7 Å². The van der Waals surface area contributed by atoms with Gasteiger partial charge in [0.15, 0.2) is 0 Å². The van der Waals surface area contributed by atoms with Crippen LogP contribution in [0, 0.1) is 38.9 Å². The molecule has 4 saturated carbocycles. The highest BCUT2D eigenvalue weighted by molar-refractivity contribution is 6.43. The average molecular weight is 597 g/mol. The molecule has 4 fully saturated rings. The van der Waals surface area contributed by atoms with Crippen molar-refractivity contribution in [3.8, 4) is 0 Å². The van der Waals surface area contributed by atoms with Gasteiger partial charge in [-0.25, -0.2) is 0 Å². The van der Waals surface area contributed by atoms with Crippen molar-refractivity contribution >= 4 is 35.1 Å². The van der Waals surface area contributed by atoms with E-state index in [2.05, 4.69) is 0 Å². The highest BCUT2D eigenvalue weighted by Gasteiger charge is 2.70. The van der Waals surface area contributed by atoms with Gasteiger partial charge >= 0.3 is 11.9 Å². The molecule has 4 aliphatic rings. The summed E-state index contributed by atoms with van der Waals surface area (Å²) in [5.74, 6) is -3.58. The zero-order chi connectivity index (χ0) is 31.9. The summed E-state index contributed by atoms with van der Waals surface area (Å²) >= 11 is 0. The first kappa shape index (κ1) is 34.0. The Morgan fingerprint density at radius 3 is 1.60 bits per heavy atom. The molecule has 4 rings (SSSR count). The second kappa shape index (κ2) is 11.9. The monoisotopic (exact) mass is 596 g/mol. The average Bonchev–Trinajstić information content (AvgIpc) is 3.47. The van der Waals surface area contributed by atoms with E-state index in [1.54, 1.807) is 6.92 Å². The van der Waals surface area contributed by atoms with Crippen LogP contribution in [0.5, 0.6) is 0 Å². The fourth-order valence-corrected chi connectivity index (χ4v) is 7.39. The Hall–Kier alpha value is -2.54. The number of aliphatic hydroxyl groups excluding tert-OH is 4. The van der Waals surface area contributed by atoms with Gasteiger partial charge < -0.3 is 29.9 Å². The first-order valence-electron chi connectivity index (χ1n) is 14.5. The topological polar surface area (TPSA) is 202 Å². The molecule has 0 amide bonds. The lowest BCUT2D eigenvalue weighted by Crippen LogP contribution is -2.45. The maximum atomic E-state index is 12.3. The van der Waals surface area contributed by atoms with E-state index in [-0.39, 0.29) is 49.5 Å². The second-order valence-corrected chi connectivity index (χ2v) is 13.4. The molecule has 236 valence electrons. The van der Waals surface area contributed by atoms with E-state index < -0.39 is 76.5 Å². The lowest BCUT2D eigenvalue weighted by molar-refractivity contribution is -0.169. The van der Waals surface area contributed by atoms with Gasteiger partial charge in [-0.3, -0.25) is 28.8 Å².